The summed E-state index contributed by atoms with van der Waals surface area (Å²) in [5.41, 5.74) is 4.45. The molecule has 0 aromatic heterocycles. The van der Waals surface area contributed by atoms with E-state index in [1.54, 1.807) is 0 Å². The quantitative estimate of drug-likeness (QED) is 0.837. The van der Waals surface area contributed by atoms with Gasteiger partial charge in [0.1, 0.15) is 0 Å². The number of hydrogen-bond donors (Lipinski definition) is 1. The van der Waals surface area contributed by atoms with Gasteiger partial charge >= 0.3 is 6.18 Å². The van der Waals surface area contributed by atoms with Gasteiger partial charge in [0.15, 0.2) is 11.6 Å². The zero-order chi connectivity index (χ0) is 15.6. The maximum absolute atomic E-state index is 13.1. The minimum Gasteiger partial charge on any atom is -0.326 e. The van der Waals surface area contributed by atoms with E-state index in [1.165, 1.54) is 18.2 Å². The molecular formula is C14H10F5NS. The average molecular weight is 319 g/mol. The zero-order valence-electron chi connectivity index (χ0n) is 10.5. The second-order valence-corrected chi connectivity index (χ2v) is 5.35. The lowest BCUT2D eigenvalue weighted by Gasteiger charge is -2.13. The predicted octanol–water partition coefficient (Wildman–Crippen LogP) is 4.59. The Labute approximate surface area is 122 Å². The van der Waals surface area contributed by atoms with Crippen LogP contribution in [0.4, 0.5) is 22.0 Å². The van der Waals surface area contributed by atoms with Crippen LogP contribution in [-0.4, -0.2) is 0 Å². The van der Waals surface area contributed by atoms with E-state index >= 15 is 0 Å². The Hall–Kier alpha value is -1.60. The molecule has 0 bridgehead atoms. The normalized spacial score (nSPS) is 11.7. The van der Waals surface area contributed by atoms with Gasteiger partial charge in [-0.1, -0.05) is 17.8 Å². The molecule has 0 atom stereocenters. The first-order valence-electron chi connectivity index (χ1n) is 5.84. The highest BCUT2D eigenvalue weighted by Gasteiger charge is 2.33. The van der Waals surface area contributed by atoms with Crippen molar-refractivity contribution < 1.29 is 22.0 Å². The van der Waals surface area contributed by atoms with Crippen LogP contribution >= 0.6 is 11.8 Å². The van der Waals surface area contributed by atoms with E-state index in [2.05, 4.69) is 0 Å². The molecule has 0 fully saturated rings. The Morgan fingerprint density at radius 3 is 2.10 bits per heavy atom. The molecule has 0 saturated carbocycles. The first kappa shape index (κ1) is 15.8. The monoisotopic (exact) mass is 319 g/mol. The van der Waals surface area contributed by atoms with Gasteiger partial charge in [-0.15, -0.1) is 0 Å². The molecule has 2 rings (SSSR count). The van der Waals surface area contributed by atoms with Crippen LogP contribution in [-0.2, 0) is 12.7 Å². The van der Waals surface area contributed by atoms with Crippen LogP contribution in [0.15, 0.2) is 46.2 Å². The van der Waals surface area contributed by atoms with Gasteiger partial charge in [-0.25, -0.2) is 8.78 Å². The Bertz CT molecular complexity index is 654. The molecule has 2 N–H and O–H groups in total. The van der Waals surface area contributed by atoms with E-state index in [9.17, 15) is 22.0 Å². The standard InChI is InChI=1S/C14H10F5NS/c15-12-4-3-10(6-13(12)16)21-9-2-1-8(7-20)11(5-9)14(17,18)19/h1-6H,7,20H2. The largest absolute Gasteiger partial charge is 0.416 e. The summed E-state index contributed by atoms with van der Waals surface area (Å²) in [5, 5.41) is 0. The SMILES string of the molecule is NCc1ccc(Sc2ccc(F)c(F)c2)cc1C(F)(F)F. The number of halogens is 5. The number of nitrogens with two attached hydrogens (primary N) is 1. The summed E-state index contributed by atoms with van der Waals surface area (Å²) < 4.78 is 64.6. The molecule has 0 heterocycles. The van der Waals surface area contributed by atoms with Gasteiger partial charge < -0.3 is 5.73 Å². The molecule has 0 radical (unpaired) electrons. The molecule has 7 heteroatoms. The molecule has 0 aliphatic rings. The molecule has 0 aliphatic heterocycles. The first-order chi connectivity index (χ1) is 9.81. The topological polar surface area (TPSA) is 26.0 Å². The van der Waals surface area contributed by atoms with Crippen molar-refractivity contribution in [3.63, 3.8) is 0 Å². The Morgan fingerprint density at radius 1 is 0.905 bits per heavy atom. The highest BCUT2D eigenvalue weighted by Crippen LogP contribution is 2.36. The first-order valence-corrected chi connectivity index (χ1v) is 6.66. The van der Waals surface area contributed by atoms with Crippen molar-refractivity contribution in [1.82, 2.24) is 0 Å². The van der Waals surface area contributed by atoms with Crippen LogP contribution in [0.5, 0.6) is 0 Å². The molecule has 0 saturated heterocycles. The maximum Gasteiger partial charge on any atom is 0.416 e. The van der Waals surface area contributed by atoms with E-state index < -0.39 is 23.4 Å². The molecule has 2 aromatic rings. The molecule has 112 valence electrons. The van der Waals surface area contributed by atoms with Crippen molar-refractivity contribution in [2.24, 2.45) is 5.73 Å². The predicted molar refractivity (Wildman–Crippen MR) is 69.8 cm³/mol. The van der Waals surface area contributed by atoms with Crippen LogP contribution in [0.25, 0.3) is 0 Å². The van der Waals surface area contributed by atoms with E-state index in [-0.39, 0.29) is 17.0 Å². The third-order valence-electron chi connectivity index (χ3n) is 2.73. The third kappa shape index (κ3) is 3.74. The lowest BCUT2D eigenvalue weighted by atomic mass is 10.1. The number of alkyl halides is 3. The van der Waals surface area contributed by atoms with Crippen molar-refractivity contribution >= 4 is 11.8 Å². The minimum absolute atomic E-state index is 0.0165. The van der Waals surface area contributed by atoms with E-state index in [4.69, 9.17) is 5.73 Å². The molecule has 0 unspecified atom stereocenters. The van der Waals surface area contributed by atoms with Crippen molar-refractivity contribution in [2.45, 2.75) is 22.5 Å². The summed E-state index contributed by atoms with van der Waals surface area (Å²) in [5.74, 6) is -2.05. The Balaban J connectivity index is 2.34. The lowest BCUT2D eigenvalue weighted by molar-refractivity contribution is -0.138. The summed E-state index contributed by atoms with van der Waals surface area (Å²) in [4.78, 5) is 0.577. The average Bonchev–Trinajstić information content (AvgIpc) is 2.42. The van der Waals surface area contributed by atoms with Gasteiger partial charge in [0.2, 0.25) is 0 Å². The molecule has 0 amide bonds. The Kier molecular flexibility index (Phi) is 4.53. The van der Waals surface area contributed by atoms with Gasteiger partial charge in [0, 0.05) is 16.3 Å². The molecule has 21 heavy (non-hydrogen) atoms. The fourth-order valence-corrected chi connectivity index (χ4v) is 2.62. The summed E-state index contributed by atoms with van der Waals surface area (Å²) in [6.45, 7) is -0.231. The van der Waals surface area contributed by atoms with Gasteiger partial charge in [-0.2, -0.15) is 13.2 Å². The maximum atomic E-state index is 13.1. The van der Waals surface area contributed by atoms with Crippen molar-refractivity contribution in [2.75, 3.05) is 0 Å². The molecular weight excluding hydrogens is 309 g/mol. The van der Waals surface area contributed by atoms with Gasteiger partial charge in [0.25, 0.3) is 0 Å². The van der Waals surface area contributed by atoms with Crippen LogP contribution in [0, 0.1) is 11.6 Å². The van der Waals surface area contributed by atoms with Gasteiger partial charge in [-0.05, 0) is 35.9 Å². The van der Waals surface area contributed by atoms with Crippen molar-refractivity contribution in [1.29, 1.82) is 0 Å². The smallest absolute Gasteiger partial charge is 0.326 e. The molecule has 0 aliphatic carbocycles. The molecule has 1 nitrogen and oxygen atoms in total. The van der Waals surface area contributed by atoms with Gasteiger partial charge in [-0.3, -0.25) is 0 Å². The fraction of sp³-hybridized carbons (Fsp3) is 0.143. The number of rotatable bonds is 3. The number of benzene rings is 2. The van der Waals surface area contributed by atoms with E-state index in [0.717, 1.165) is 30.0 Å². The summed E-state index contributed by atoms with van der Waals surface area (Å²) >= 11 is 0.912. The third-order valence-corrected chi connectivity index (χ3v) is 3.71. The Morgan fingerprint density at radius 2 is 1.52 bits per heavy atom. The van der Waals surface area contributed by atoms with Crippen LogP contribution < -0.4 is 5.73 Å². The van der Waals surface area contributed by atoms with Crippen molar-refractivity contribution in [3.05, 3.63) is 59.2 Å². The fourth-order valence-electron chi connectivity index (χ4n) is 1.74. The van der Waals surface area contributed by atoms with Crippen LogP contribution in [0.2, 0.25) is 0 Å². The van der Waals surface area contributed by atoms with Crippen LogP contribution in [0.1, 0.15) is 11.1 Å². The van der Waals surface area contributed by atoms with E-state index in [1.807, 2.05) is 0 Å². The second kappa shape index (κ2) is 6.03. The second-order valence-electron chi connectivity index (χ2n) is 4.20. The number of hydrogen-bond acceptors (Lipinski definition) is 2. The van der Waals surface area contributed by atoms with Gasteiger partial charge in [0.05, 0.1) is 5.56 Å². The lowest BCUT2D eigenvalue weighted by Crippen LogP contribution is -2.11. The summed E-state index contributed by atoms with van der Waals surface area (Å²) in [6.07, 6.45) is -4.51. The van der Waals surface area contributed by atoms with Crippen LogP contribution in [0.3, 0.4) is 0 Å². The van der Waals surface area contributed by atoms with E-state index in [0.29, 0.717) is 4.90 Å². The minimum atomic E-state index is -4.51. The zero-order valence-corrected chi connectivity index (χ0v) is 11.4. The van der Waals surface area contributed by atoms with Crippen molar-refractivity contribution in [3.8, 4) is 0 Å². The highest BCUT2D eigenvalue weighted by molar-refractivity contribution is 7.99. The highest BCUT2D eigenvalue weighted by atomic mass is 32.2. The summed E-state index contributed by atoms with van der Waals surface area (Å²) in [7, 11) is 0. The molecule has 0 spiro atoms. The summed E-state index contributed by atoms with van der Waals surface area (Å²) in [6, 6.07) is 6.86. The molecule has 2 aromatic carbocycles.